The number of nitrogens with zero attached hydrogens (tertiary/aromatic N) is 3. The summed E-state index contributed by atoms with van der Waals surface area (Å²) < 4.78 is 27.7. The van der Waals surface area contributed by atoms with Gasteiger partial charge in [-0.05, 0) is 111 Å². The van der Waals surface area contributed by atoms with Gasteiger partial charge in [-0.3, -0.25) is 9.69 Å². The lowest BCUT2D eigenvalue weighted by Crippen LogP contribution is -2.47. The smallest absolute Gasteiger partial charge is 0.321 e. The van der Waals surface area contributed by atoms with Crippen LogP contribution in [0.5, 0.6) is 0 Å². The van der Waals surface area contributed by atoms with Crippen molar-refractivity contribution in [3.8, 4) is 0 Å². The van der Waals surface area contributed by atoms with E-state index in [1.807, 2.05) is 50.4 Å². The third kappa shape index (κ3) is 9.64. The Labute approximate surface area is 295 Å². The van der Waals surface area contributed by atoms with Crippen LogP contribution in [0.1, 0.15) is 85.0 Å². The maximum Gasteiger partial charge on any atom is 0.321 e. The number of hydrogen-bond donors (Lipinski definition) is 1. The average molecular weight is 719 g/mol. The summed E-state index contributed by atoms with van der Waals surface area (Å²) in [5, 5.41) is 11.0. The lowest BCUT2D eigenvalue weighted by Gasteiger charge is -2.35. The van der Waals surface area contributed by atoms with Crippen molar-refractivity contribution < 1.29 is 18.7 Å². The van der Waals surface area contributed by atoms with Crippen molar-refractivity contribution in [3.63, 3.8) is 0 Å². The summed E-state index contributed by atoms with van der Waals surface area (Å²) in [7, 11) is 1.95. The highest BCUT2D eigenvalue weighted by atomic mass is 35.5. The van der Waals surface area contributed by atoms with Crippen molar-refractivity contribution in [2.45, 2.75) is 83.2 Å². The van der Waals surface area contributed by atoms with Gasteiger partial charge in [0.05, 0.1) is 10.7 Å². The number of halogens is 5. The highest BCUT2D eigenvalue weighted by Gasteiger charge is 2.42. The van der Waals surface area contributed by atoms with Crippen molar-refractivity contribution in [1.29, 1.82) is 0 Å². The summed E-state index contributed by atoms with van der Waals surface area (Å²) in [5.41, 5.74) is 3.31. The molecular weight excluding hydrogens is 671 g/mol. The molecule has 5 nitrogen and oxygen atoms in total. The summed E-state index contributed by atoms with van der Waals surface area (Å²) >= 11 is 1.82. The Bertz CT molecular complexity index is 1390. The Hall–Kier alpha value is -1.81. The minimum absolute atomic E-state index is 0. The van der Waals surface area contributed by atoms with Gasteiger partial charge in [-0.2, -0.15) is 0 Å². The Kier molecular flexibility index (Phi) is 15.9. The quantitative estimate of drug-likeness (QED) is 0.215. The van der Waals surface area contributed by atoms with Crippen LogP contribution in [0, 0.1) is 23.5 Å². The number of hydrogen-bond acceptors (Lipinski definition) is 5. The fourth-order valence-electron chi connectivity index (χ4n) is 7.48. The molecular formula is C35H48Cl3F2N3O2S. The van der Waals surface area contributed by atoms with Gasteiger partial charge >= 0.3 is 5.97 Å². The predicted octanol–water partition coefficient (Wildman–Crippen LogP) is 8.62. The molecule has 1 aliphatic heterocycles. The first-order chi connectivity index (χ1) is 20.6. The second-order valence-corrected chi connectivity index (χ2v) is 14.0. The summed E-state index contributed by atoms with van der Waals surface area (Å²) in [5.74, 6) is -0.171. The highest BCUT2D eigenvalue weighted by Crippen LogP contribution is 2.44. The molecule has 2 heterocycles. The van der Waals surface area contributed by atoms with Gasteiger partial charge < -0.3 is 10.0 Å². The third-order valence-corrected chi connectivity index (χ3v) is 10.9. The number of piperidine rings is 1. The van der Waals surface area contributed by atoms with Crippen molar-refractivity contribution in [3.05, 3.63) is 86.9 Å². The van der Waals surface area contributed by atoms with E-state index in [1.54, 1.807) is 12.1 Å². The topological polar surface area (TPSA) is 56.7 Å². The molecule has 5 rings (SSSR count). The second kappa shape index (κ2) is 18.1. The molecule has 0 radical (unpaired) electrons. The molecule has 256 valence electrons. The van der Waals surface area contributed by atoms with E-state index in [4.69, 9.17) is 4.98 Å². The number of carbonyl (C=O) groups is 1. The van der Waals surface area contributed by atoms with E-state index in [0.717, 1.165) is 74.3 Å². The molecule has 3 aromatic rings. The van der Waals surface area contributed by atoms with Crippen LogP contribution in [0.2, 0.25) is 0 Å². The standard InChI is InChI=1S/C35H45F2N3O2S.3ClH/c1-5-31-34(43-32(38-31)17-23-9-11-27(36)12-10-23)24-13-15-40(16-14-24)21-26-19-29(39(4)33(22(2)3)35(41)42)20-30(26)25-7-6-8-28(37)18-25;;;/h6-12,18,22,24,26,29-30,33H,5,13-17,19-21H2,1-4H3,(H,41,42);3*1H/t26?,29?,30?,33-;;;/m1.../s1. The van der Waals surface area contributed by atoms with Crippen LogP contribution in [0.25, 0.3) is 0 Å². The van der Waals surface area contributed by atoms with Gasteiger partial charge in [-0.1, -0.05) is 45.0 Å². The number of thiazole rings is 1. The van der Waals surface area contributed by atoms with Crippen LogP contribution in [0.15, 0.2) is 48.5 Å². The van der Waals surface area contributed by atoms with Gasteiger partial charge in [0.25, 0.3) is 0 Å². The maximum absolute atomic E-state index is 14.3. The second-order valence-electron chi connectivity index (χ2n) is 12.9. The zero-order valence-corrected chi connectivity index (χ0v) is 30.3. The van der Waals surface area contributed by atoms with Crippen molar-refractivity contribution >= 4 is 54.5 Å². The fraction of sp³-hybridized carbons (Fsp3) is 0.543. The molecule has 2 fully saturated rings. The molecule has 2 aromatic carbocycles. The highest BCUT2D eigenvalue weighted by molar-refractivity contribution is 7.11. The van der Waals surface area contributed by atoms with Gasteiger partial charge in [0.1, 0.15) is 17.7 Å². The molecule has 11 heteroatoms. The maximum atomic E-state index is 14.3. The summed E-state index contributed by atoms with van der Waals surface area (Å²) in [6.45, 7) is 9.06. The number of aryl methyl sites for hydroxylation is 1. The van der Waals surface area contributed by atoms with Crippen LogP contribution >= 0.6 is 48.6 Å². The van der Waals surface area contributed by atoms with Crippen LogP contribution < -0.4 is 0 Å². The average Bonchev–Trinajstić information content (AvgIpc) is 3.58. The zero-order chi connectivity index (χ0) is 30.7. The van der Waals surface area contributed by atoms with Crippen molar-refractivity contribution in [2.24, 2.45) is 11.8 Å². The number of likely N-dealkylation sites (tertiary alicyclic amines) is 1. The van der Waals surface area contributed by atoms with E-state index in [-0.39, 0.29) is 66.7 Å². The van der Waals surface area contributed by atoms with E-state index in [9.17, 15) is 18.7 Å². The monoisotopic (exact) mass is 717 g/mol. The van der Waals surface area contributed by atoms with E-state index < -0.39 is 12.0 Å². The summed E-state index contributed by atoms with van der Waals surface area (Å²) in [6, 6.07) is 13.3. The van der Waals surface area contributed by atoms with E-state index in [1.165, 1.54) is 28.8 Å². The molecule has 3 unspecified atom stereocenters. The minimum atomic E-state index is -0.777. The Morgan fingerprint density at radius 1 is 1.04 bits per heavy atom. The molecule has 1 aromatic heterocycles. The number of carboxylic acids is 1. The number of carboxylic acid groups (broad SMARTS) is 1. The van der Waals surface area contributed by atoms with Crippen LogP contribution in [0.3, 0.4) is 0 Å². The number of aromatic nitrogens is 1. The molecule has 0 bridgehead atoms. The van der Waals surface area contributed by atoms with Gasteiger partial charge in [0.2, 0.25) is 0 Å². The number of rotatable bonds is 11. The Balaban J connectivity index is 0.00000245. The third-order valence-electron chi connectivity index (χ3n) is 9.67. The number of likely N-dealkylation sites (N-methyl/N-ethyl adjacent to an activating group) is 1. The zero-order valence-electron chi connectivity index (χ0n) is 27.0. The van der Waals surface area contributed by atoms with Gasteiger partial charge in [0, 0.05) is 23.9 Å². The molecule has 1 aliphatic carbocycles. The fourth-order valence-corrected chi connectivity index (χ4v) is 8.84. The van der Waals surface area contributed by atoms with E-state index >= 15 is 0 Å². The first-order valence-electron chi connectivity index (χ1n) is 15.8. The SMILES string of the molecule is CCc1nc(Cc2ccc(F)cc2)sc1C1CCN(CC2CC(N(C)[C@@H](C(=O)O)C(C)C)CC2c2cccc(F)c2)CC1.Cl.Cl.Cl. The van der Waals surface area contributed by atoms with Crippen LogP contribution in [0.4, 0.5) is 8.78 Å². The Morgan fingerprint density at radius 3 is 2.30 bits per heavy atom. The first kappa shape index (κ1) is 40.4. The molecule has 1 saturated carbocycles. The molecule has 0 amide bonds. The molecule has 46 heavy (non-hydrogen) atoms. The van der Waals surface area contributed by atoms with E-state index in [2.05, 4.69) is 16.7 Å². The molecule has 0 spiro atoms. The lowest BCUT2D eigenvalue weighted by atomic mass is 9.87. The molecule has 2 aliphatic rings. The summed E-state index contributed by atoms with van der Waals surface area (Å²) in [6.07, 6.45) is 5.57. The van der Waals surface area contributed by atoms with Gasteiger partial charge in [-0.25, -0.2) is 13.8 Å². The van der Waals surface area contributed by atoms with Crippen molar-refractivity contribution in [2.75, 3.05) is 26.7 Å². The lowest BCUT2D eigenvalue weighted by molar-refractivity contribution is -0.145. The van der Waals surface area contributed by atoms with Crippen LogP contribution in [-0.4, -0.2) is 64.6 Å². The molecule has 1 saturated heterocycles. The predicted molar refractivity (Wildman–Crippen MR) is 191 cm³/mol. The normalized spacial score (nSPS) is 21.0. The van der Waals surface area contributed by atoms with Gasteiger partial charge in [-0.15, -0.1) is 48.6 Å². The number of benzene rings is 2. The minimum Gasteiger partial charge on any atom is -0.480 e. The first-order valence-corrected chi connectivity index (χ1v) is 16.6. The summed E-state index contributed by atoms with van der Waals surface area (Å²) in [4.78, 5) is 23.1. The number of aliphatic carboxylic acids is 1. The van der Waals surface area contributed by atoms with Crippen molar-refractivity contribution in [1.82, 2.24) is 14.8 Å². The van der Waals surface area contributed by atoms with Crippen LogP contribution in [-0.2, 0) is 17.6 Å². The largest absolute Gasteiger partial charge is 0.480 e. The Morgan fingerprint density at radius 2 is 1.72 bits per heavy atom. The molecule has 1 N–H and O–H groups in total. The van der Waals surface area contributed by atoms with E-state index in [0.29, 0.717) is 11.8 Å². The van der Waals surface area contributed by atoms with Gasteiger partial charge in [0.15, 0.2) is 0 Å². The molecule has 4 atom stereocenters.